The van der Waals surface area contributed by atoms with Crippen LogP contribution < -0.4 is 5.56 Å². The lowest BCUT2D eigenvalue weighted by Crippen LogP contribution is -2.31. The molecular formula is C20H18N2O4. The van der Waals surface area contributed by atoms with Gasteiger partial charge in [0.2, 0.25) is 11.7 Å². The molecule has 0 unspecified atom stereocenters. The Kier molecular flexibility index (Phi) is 4.84. The molecule has 6 nitrogen and oxygen atoms in total. The third-order valence-corrected chi connectivity index (χ3v) is 3.96. The first-order valence-electron chi connectivity index (χ1n) is 8.06. The highest BCUT2D eigenvalue weighted by Crippen LogP contribution is 2.23. The number of hydrogen-bond acceptors (Lipinski definition) is 4. The second-order valence-corrected chi connectivity index (χ2v) is 6.02. The van der Waals surface area contributed by atoms with Gasteiger partial charge in [0.05, 0.1) is 5.56 Å². The average molecular weight is 350 g/mol. The van der Waals surface area contributed by atoms with E-state index < -0.39 is 17.6 Å². The largest absolute Gasteiger partial charge is 0.444 e. The van der Waals surface area contributed by atoms with Crippen molar-refractivity contribution in [3.8, 4) is 0 Å². The second kappa shape index (κ2) is 7.23. The summed E-state index contributed by atoms with van der Waals surface area (Å²) in [5.41, 5.74) is 0.804. The molecule has 0 radical (unpaired) electrons. The smallest absolute Gasteiger partial charge is 0.340 e. The number of fused-ring (bicyclic) bond motifs is 1. The highest BCUT2D eigenvalue weighted by molar-refractivity contribution is 6.04. The number of ether oxygens (including phenoxy) is 1. The van der Waals surface area contributed by atoms with Gasteiger partial charge in [-0.05, 0) is 6.07 Å². The molecule has 1 atom stereocenters. The van der Waals surface area contributed by atoms with Crippen LogP contribution in [0.4, 0.5) is 0 Å². The first-order chi connectivity index (χ1) is 12.5. The van der Waals surface area contributed by atoms with E-state index in [1.807, 2.05) is 6.07 Å². The molecule has 0 aliphatic heterocycles. The van der Waals surface area contributed by atoms with Crippen LogP contribution in [0.5, 0.6) is 0 Å². The third-order valence-electron chi connectivity index (χ3n) is 3.96. The predicted molar refractivity (Wildman–Crippen MR) is 97.9 cm³/mol. The number of aromatic amines is 1. The molecule has 0 saturated heterocycles. The molecule has 2 aromatic carbocycles. The van der Waals surface area contributed by atoms with E-state index in [0.717, 1.165) is 0 Å². The van der Waals surface area contributed by atoms with E-state index >= 15 is 0 Å². The molecule has 0 aliphatic rings. The van der Waals surface area contributed by atoms with Crippen LogP contribution in [0.25, 0.3) is 10.9 Å². The van der Waals surface area contributed by atoms with Crippen LogP contribution in [-0.2, 0) is 9.53 Å². The zero-order valence-electron chi connectivity index (χ0n) is 14.4. The number of nitrogens with one attached hydrogen (secondary N) is 1. The Labute approximate surface area is 150 Å². The van der Waals surface area contributed by atoms with Crippen LogP contribution in [-0.4, -0.2) is 35.9 Å². The summed E-state index contributed by atoms with van der Waals surface area (Å²) in [7, 11) is 3.18. The summed E-state index contributed by atoms with van der Waals surface area (Å²) >= 11 is 0. The van der Waals surface area contributed by atoms with Gasteiger partial charge in [-0.2, -0.15) is 0 Å². The Balaban J connectivity index is 2.01. The van der Waals surface area contributed by atoms with Crippen molar-refractivity contribution in [1.82, 2.24) is 9.88 Å². The van der Waals surface area contributed by atoms with Crippen molar-refractivity contribution in [2.45, 2.75) is 6.10 Å². The summed E-state index contributed by atoms with van der Waals surface area (Å²) in [5.74, 6) is -1.09. The van der Waals surface area contributed by atoms with Gasteiger partial charge >= 0.3 is 5.97 Å². The first-order valence-corrected chi connectivity index (χ1v) is 8.06. The number of esters is 1. The van der Waals surface area contributed by atoms with Crippen LogP contribution >= 0.6 is 0 Å². The van der Waals surface area contributed by atoms with Crippen LogP contribution in [0, 0.1) is 0 Å². The van der Waals surface area contributed by atoms with Gasteiger partial charge in [-0.25, -0.2) is 4.79 Å². The topological polar surface area (TPSA) is 79.5 Å². The number of pyridine rings is 1. The maximum absolute atomic E-state index is 12.8. The van der Waals surface area contributed by atoms with Crippen molar-refractivity contribution in [3.63, 3.8) is 0 Å². The Hall–Kier alpha value is -3.41. The predicted octanol–water partition coefficient (Wildman–Crippen LogP) is 2.51. The molecule has 1 amide bonds. The van der Waals surface area contributed by atoms with Gasteiger partial charge in [-0.15, -0.1) is 0 Å². The Morgan fingerprint density at radius 2 is 1.65 bits per heavy atom. The number of benzene rings is 2. The number of para-hydroxylation sites is 1. The van der Waals surface area contributed by atoms with Gasteiger partial charge in [0.15, 0.2) is 0 Å². The Bertz CT molecular complexity index is 1010. The fraction of sp³-hybridized carbons (Fsp3) is 0.150. The minimum Gasteiger partial charge on any atom is -0.444 e. The fourth-order valence-electron chi connectivity index (χ4n) is 2.67. The molecule has 0 saturated carbocycles. The molecule has 1 aromatic heterocycles. The second-order valence-electron chi connectivity index (χ2n) is 6.02. The SMILES string of the molecule is CN(C)C(=O)[C@H](OC(=O)c1cc(=O)[nH]c2ccccc12)c1ccccc1. The maximum atomic E-state index is 12.8. The van der Waals surface area contributed by atoms with E-state index in [4.69, 9.17) is 4.74 Å². The quantitative estimate of drug-likeness (QED) is 0.733. The number of hydrogen-bond donors (Lipinski definition) is 1. The molecule has 26 heavy (non-hydrogen) atoms. The lowest BCUT2D eigenvalue weighted by atomic mass is 10.1. The zero-order valence-corrected chi connectivity index (χ0v) is 14.4. The maximum Gasteiger partial charge on any atom is 0.340 e. The van der Waals surface area contributed by atoms with Gasteiger partial charge < -0.3 is 14.6 Å². The molecule has 0 spiro atoms. The van der Waals surface area contributed by atoms with Gasteiger partial charge in [0.1, 0.15) is 0 Å². The highest BCUT2D eigenvalue weighted by Gasteiger charge is 2.27. The van der Waals surface area contributed by atoms with Crippen LogP contribution in [0.2, 0.25) is 0 Å². The molecule has 3 rings (SSSR count). The van der Waals surface area contributed by atoms with Crippen LogP contribution in [0.15, 0.2) is 65.5 Å². The number of carbonyl (C=O) groups excluding carboxylic acids is 2. The monoisotopic (exact) mass is 350 g/mol. The minimum atomic E-state index is -1.09. The molecule has 132 valence electrons. The minimum absolute atomic E-state index is 0.122. The highest BCUT2D eigenvalue weighted by atomic mass is 16.5. The van der Waals surface area contributed by atoms with E-state index in [2.05, 4.69) is 4.98 Å². The van der Waals surface area contributed by atoms with Gasteiger partial charge in [0, 0.05) is 36.6 Å². The molecular weight excluding hydrogens is 332 g/mol. The van der Waals surface area contributed by atoms with Crippen LogP contribution in [0.1, 0.15) is 22.0 Å². The number of carbonyl (C=O) groups is 2. The number of nitrogens with zero attached hydrogens (tertiary/aromatic N) is 1. The van der Waals surface area contributed by atoms with Crippen molar-refractivity contribution in [1.29, 1.82) is 0 Å². The van der Waals surface area contributed by atoms with Crippen molar-refractivity contribution in [3.05, 3.63) is 82.1 Å². The molecule has 3 aromatic rings. The van der Waals surface area contributed by atoms with Gasteiger partial charge in [-0.3, -0.25) is 9.59 Å². The van der Waals surface area contributed by atoms with Crippen molar-refractivity contribution >= 4 is 22.8 Å². The first kappa shape index (κ1) is 17.4. The van der Waals surface area contributed by atoms with Gasteiger partial charge in [0.25, 0.3) is 5.91 Å². The fourth-order valence-corrected chi connectivity index (χ4v) is 2.67. The summed E-state index contributed by atoms with van der Waals surface area (Å²) in [6.07, 6.45) is -1.09. The number of H-pyrrole nitrogens is 1. The van der Waals surface area contributed by atoms with Crippen molar-refractivity contribution in [2.75, 3.05) is 14.1 Å². The molecule has 0 aliphatic carbocycles. The van der Waals surface area contributed by atoms with E-state index in [0.29, 0.717) is 16.5 Å². The van der Waals surface area contributed by atoms with E-state index in [9.17, 15) is 14.4 Å². The normalized spacial score (nSPS) is 11.8. The lowest BCUT2D eigenvalue weighted by molar-refractivity contribution is -0.138. The number of rotatable bonds is 4. The molecule has 1 heterocycles. The van der Waals surface area contributed by atoms with Crippen molar-refractivity contribution in [2.24, 2.45) is 0 Å². The molecule has 1 N–H and O–H groups in total. The molecule has 0 fully saturated rings. The molecule has 0 bridgehead atoms. The standard InChI is InChI=1S/C20H18N2O4/c1-22(2)19(24)18(13-8-4-3-5-9-13)26-20(25)15-12-17(23)21-16-11-7-6-10-14(15)16/h3-12,18H,1-2H3,(H,21,23)/t18-/m1/s1. The average Bonchev–Trinajstić information content (AvgIpc) is 2.65. The van der Waals surface area contributed by atoms with Crippen LogP contribution in [0.3, 0.4) is 0 Å². The van der Waals surface area contributed by atoms with E-state index in [-0.39, 0.29) is 11.5 Å². The number of amides is 1. The number of likely N-dealkylation sites (N-methyl/N-ethyl adjacent to an activating group) is 1. The Morgan fingerprint density at radius 1 is 1.00 bits per heavy atom. The summed E-state index contributed by atoms with van der Waals surface area (Å²) < 4.78 is 5.53. The summed E-state index contributed by atoms with van der Waals surface area (Å²) in [4.78, 5) is 41.2. The van der Waals surface area contributed by atoms with Gasteiger partial charge in [-0.1, -0.05) is 48.5 Å². The summed E-state index contributed by atoms with van der Waals surface area (Å²) in [6.45, 7) is 0. The zero-order chi connectivity index (χ0) is 18.7. The Morgan fingerprint density at radius 3 is 2.35 bits per heavy atom. The van der Waals surface area contributed by atoms with E-state index in [1.165, 1.54) is 11.0 Å². The summed E-state index contributed by atoms with van der Waals surface area (Å²) in [5, 5.41) is 0.557. The van der Waals surface area contributed by atoms with E-state index in [1.54, 1.807) is 62.6 Å². The third kappa shape index (κ3) is 3.49. The lowest BCUT2D eigenvalue weighted by Gasteiger charge is -2.21. The van der Waals surface area contributed by atoms with Crippen molar-refractivity contribution < 1.29 is 14.3 Å². The molecule has 6 heteroatoms. The number of aromatic nitrogens is 1. The summed E-state index contributed by atoms with van der Waals surface area (Å²) in [6, 6.07) is 16.9.